The predicted octanol–water partition coefficient (Wildman–Crippen LogP) is 4.00. The Morgan fingerprint density at radius 2 is 1.84 bits per heavy atom. The monoisotopic (exact) mass is 449 g/mol. The lowest BCUT2D eigenvalue weighted by Crippen LogP contribution is -2.40. The lowest BCUT2D eigenvalue weighted by atomic mass is 9.67. The maximum atomic E-state index is 12.5. The largest absolute Gasteiger partial charge is 0.462 e. The third kappa shape index (κ3) is 5.73. The SMILES string of the molecule is CCOC(=O)c1c(CC(C)C)csc1NC(=O)COC(=O)C1CC2CCCC(C1)C2=O. The van der Waals surface area contributed by atoms with Gasteiger partial charge < -0.3 is 14.8 Å². The van der Waals surface area contributed by atoms with Gasteiger partial charge in [-0.15, -0.1) is 11.3 Å². The van der Waals surface area contributed by atoms with E-state index in [1.54, 1.807) is 6.92 Å². The Hall–Kier alpha value is -2.22. The first-order valence-electron chi connectivity index (χ1n) is 11.1. The van der Waals surface area contributed by atoms with Gasteiger partial charge in [0.1, 0.15) is 10.8 Å². The van der Waals surface area contributed by atoms with E-state index in [-0.39, 0.29) is 30.1 Å². The number of amides is 1. The van der Waals surface area contributed by atoms with Gasteiger partial charge in [-0.2, -0.15) is 0 Å². The Bertz CT molecular complexity index is 829. The molecule has 8 heteroatoms. The molecule has 2 aliphatic carbocycles. The highest BCUT2D eigenvalue weighted by Crippen LogP contribution is 2.40. The Morgan fingerprint density at radius 3 is 2.45 bits per heavy atom. The molecule has 31 heavy (non-hydrogen) atoms. The summed E-state index contributed by atoms with van der Waals surface area (Å²) < 4.78 is 10.4. The number of ether oxygens (including phenoxy) is 2. The fourth-order valence-corrected chi connectivity index (χ4v) is 5.57. The molecule has 0 spiro atoms. The fourth-order valence-electron chi connectivity index (χ4n) is 4.59. The minimum atomic E-state index is -0.496. The number of carbonyl (C=O) groups is 4. The van der Waals surface area contributed by atoms with Crippen molar-refractivity contribution in [3.63, 3.8) is 0 Å². The van der Waals surface area contributed by atoms with E-state index in [0.717, 1.165) is 24.8 Å². The molecule has 2 bridgehead atoms. The lowest BCUT2D eigenvalue weighted by Gasteiger charge is -2.36. The number of hydrogen-bond acceptors (Lipinski definition) is 7. The van der Waals surface area contributed by atoms with E-state index < -0.39 is 24.5 Å². The Kier molecular flexibility index (Phi) is 7.86. The molecule has 1 amide bonds. The highest BCUT2D eigenvalue weighted by atomic mass is 32.1. The highest BCUT2D eigenvalue weighted by Gasteiger charge is 2.41. The van der Waals surface area contributed by atoms with Crippen molar-refractivity contribution in [3.05, 3.63) is 16.5 Å². The van der Waals surface area contributed by atoms with Crippen molar-refractivity contribution in [2.45, 2.75) is 59.3 Å². The van der Waals surface area contributed by atoms with Crippen LogP contribution in [0, 0.1) is 23.7 Å². The number of fused-ring (bicyclic) bond motifs is 2. The van der Waals surface area contributed by atoms with Crippen LogP contribution in [0.1, 0.15) is 68.8 Å². The van der Waals surface area contributed by atoms with E-state index in [4.69, 9.17) is 9.47 Å². The zero-order valence-corrected chi connectivity index (χ0v) is 19.2. The normalized spacial score (nSPS) is 22.8. The van der Waals surface area contributed by atoms with Crippen LogP contribution in [0.4, 0.5) is 5.00 Å². The molecule has 2 saturated carbocycles. The topological polar surface area (TPSA) is 98.8 Å². The molecule has 7 nitrogen and oxygen atoms in total. The zero-order chi connectivity index (χ0) is 22.5. The smallest absolute Gasteiger partial charge is 0.341 e. The Labute approximate surface area is 186 Å². The van der Waals surface area contributed by atoms with Crippen LogP contribution < -0.4 is 5.32 Å². The molecule has 1 aromatic heterocycles. The van der Waals surface area contributed by atoms with Gasteiger partial charge in [-0.3, -0.25) is 14.4 Å². The second-order valence-electron chi connectivity index (χ2n) is 8.83. The number of ketones is 1. The lowest BCUT2D eigenvalue weighted by molar-refractivity contribution is -0.155. The number of rotatable bonds is 8. The van der Waals surface area contributed by atoms with Crippen LogP contribution in [-0.4, -0.2) is 36.8 Å². The van der Waals surface area contributed by atoms with E-state index in [9.17, 15) is 19.2 Å². The molecule has 0 saturated heterocycles. The van der Waals surface area contributed by atoms with Gasteiger partial charge in [-0.05, 0) is 55.9 Å². The molecule has 2 atom stereocenters. The third-order valence-electron chi connectivity index (χ3n) is 5.95. The minimum Gasteiger partial charge on any atom is -0.462 e. The molecule has 2 unspecified atom stereocenters. The number of Topliss-reactive ketones (excluding diaryl/α,β-unsaturated/α-hetero) is 1. The summed E-state index contributed by atoms with van der Waals surface area (Å²) in [5.41, 5.74) is 1.21. The molecule has 0 aromatic carbocycles. The van der Waals surface area contributed by atoms with E-state index >= 15 is 0 Å². The molecule has 2 fully saturated rings. The molecule has 3 rings (SSSR count). The zero-order valence-electron chi connectivity index (χ0n) is 18.4. The summed E-state index contributed by atoms with van der Waals surface area (Å²) >= 11 is 1.26. The molecule has 1 aromatic rings. The van der Waals surface area contributed by atoms with E-state index in [0.29, 0.717) is 35.7 Å². The first-order chi connectivity index (χ1) is 14.8. The average Bonchev–Trinajstić information content (AvgIpc) is 3.07. The predicted molar refractivity (Wildman–Crippen MR) is 117 cm³/mol. The first-order valence-corrected chi connectivity index (χ1v) is 12.0. The first kappa shape index (κ1) is 23.4. The summed E-state index contributed by atoms with van der Waals surface area (Å²) in [4.78, 5) is 49.5. The standard InChI is InChI=1S/C23H31NO6S/c1-4-29-23(28)19-17(8-13(2)3)12-31-21(19)24-18(25)11-30-22(27)16-9-14-6-5-7-15(10-16)20(14)26/h12-16H,4-11H2,1-3H3,(H,24,25). The van der Waals surface area contributed by atoms with Crippen LogP contribution in [0.5, 0.6) is 0 Å². The Morgan fingerprint density at radius 1 is 1.16 bits per heavy atom. The fraction of sp³-hybridized carbons (Fsp3) is 0.652. The van der Waals surface area contributed by atoms with Gasteiger partial charge in [-0.25, -0.2) is 4.79 Å². The van der Waals surface area contributed by atoms with Gasteiger partial charge in [0.25, 0.3) is 5.91 Å². The molecule has 0 aliphatic heterocycles. The third-order valence-corrected chi connectivity index (χ3v) is 6.90. The number of carbonyl (C=O) groups excluding carboxylic acids is 4. The van der Waals surface area contributed by atoms with Crippen molar-refractivity contribution in [3.8, 4) is 0 Å². The van der Waals surface area contributed by atoms with Gasteiger partial charge >= 0.3 is 11.9 Å². The van der Waals surface area contributed by atoms with Crippen molar-refractivity contribution in [2.75, 3.05) is 18.5 Å². The molecule has 170 valence electrons. The van der Waals surface area contributed by atoms with Crippen LogP contribution in [-0.2, 0) is 30.3 Å². The maximum Gasteiger partial charge on any atom is 0.341 e. The van der Waals surface area contributed by atoms with Gasteiger partial charge in [0, 0.05) is 11.8 Å². The number of esters is 2. The maximum absolute atomic E-state index is 12.5. The van der Waals surface area contributed by atoms with Gasteiger partial charge in [0.2, 0.25) is 0 Å². The summed E-state index contributed by atoms with van der Waals surface area (Å²) in [5.74, 6) is -1.17. The number of thiophene rings is 1. The molecule has 2 aliphatic rings. The van der Waals surface area contributed by atoms with Crippen LogP contribution >= 0.6 is 11.3 Å². The van der Waals surface area contributed by atoms with Crippen LogP contribution in [0.15, 0.2) is 5.38 Å². The van der Waals surface area contributed by atoms with Crippen molar-refractivity contribution in [1.29, 1.82) is 0 Å². The molecule has 0 radical (unpaired) electrons. The van der Waals surface area contributed by atoms with Gasteiger partial charge in [0.15, 0.2) is 6.61 Å². The average molecular weight is 450 g/mol. The van der Waals surface area contributed by atoms with E-state index in [2.05, 4.69) is 19.2 Å². The van der Waals surface area contributed by atoms with Crippen molar-refractivity contribution >= 4 is 40.0 Å². The molecule has 1 heterocycles. The summed E-state index contributed by atoms with van der Waals surface area (Å²) in [6, 6.07) is 0. The minimum absolute atomic E-state index is 0.0449. The quantitative estimate of drug-likeness (QED) is 0.602. The van der Waals surface area contributed by atoms with Crippen molar-refractivity contribution < 1.29 is 28.7 Å². The molecule has 1 N–H and O–H groups in total. The van der Waals surface area contributed by atoms with Gasteiger partial charge in [-0.1, -0.05) is 20.3 Å². The summed E-state index contributed by atoms with van der Waals surface area (Å²) in [5, 5.41) is 4.96. The second-order valence-corrected chi connectivity index (χ2v) is 9.71. The summed E-state index contributed by atoms with van der Waals surface area (Å²) in [6.07, 6.45) is 4.45. The number of hydrogen-bond donors (Lipinski definition) is 1. The molecular weight excluding hydrogens is 418 g/mol. The van der Waals surface area contributed by atoms with Crippen LogP contribution in [0.2, 0.25) is 0 Å². The molecular formula is C23H31NO6S. The highest BCUT2D eigenvalue weighted by molar-refractivity contribution is 7.15. The number of nitrogens with one attached hydrogen (secondary N) is 1. The van der Waals surface area contributed by atoms with Crippen molar-refractivity contribution in [2.24, 2.45) is 23.7 Å². The summed E-state index contributed by atoms with van der Waals surface area (Å²) in [7, 11) is 0. The van der Waals surface area contributed by atoms with Crippen molar-refractivity contribution in [1.82, 2.24) is 0 Å². The van der Waals surface area contributed by atoms with Crippen LogP contribution in [0.25, 0.3) is 0 Å². The van der Waals surface area contributed by atoms with Gasteiger partial charge in [0.05, 0.1) is 18.1 Å². The van der Waals surface area contributed by atoms with Crippen LogP contribution in [0.3, 0.4) is 0 Å². The Balaban J connectivity index is 1.58. The van der Waals surface area contributed by atoms with E-state index in [1.807, 2.05) is 5.38 Å². The van der Waals surface area contributed by atoms with E-state index in [1.165, 1.54) is 11.3 Å². The number of anilines is 1. The summed E-state index contributed by atoms with van der Waals surface area (Å²) in [6.45, 7) is 5.66. The second kappa shape index (κ2) is 10.4.